The summed E-state index contributed by atoms with van der Waals surface area (Å²) in [6.07, 6.45) is 0. The highest BCUT2D eigenvalue weighted by Gasteiger charge is 2.23. The molecule has 8 aromatic carbocycles. The number of anilines is 6. The van der Waals surface area contributed by atoms with Gasteiger partial charge >= 0.3 is 0 Å². The van der Waals surface area contributed by atoms with Crippen molar-refractivity contribution in [1.82, 2.24) is 4.57 Å². The van der Waals surface area contributed by atoms with Crippen molar-refractivity contribution >= 4 is 72.4 Å². The number of nitrogens with zero attached hydrogens (tertiary/aromatic N) is 5. The van der Waals surface area contributed by atoms with Crippen molar-refractivity contribution in [3.63, 3.8) is 0 Å². The van der Waals surface area contributed by atoms with Gasteiger partial charge in [0.25, 0.3) is 0 Å². The molecule has 9 aromatic rings. The van der Waals surface area contributed by atoms with E-state index in [4.69, 9.17) is 6.57 Å². The molecule has 0 spiro atoms. The molecule has 0 saturated heterocycles. The molecule has 1 heterocycles. The van der Waals surface area contributed by atoms with Gasteiger partial charge in [0.1, 0.15) is 0 Å². The van der Waals surface area contributed by atoms with Gasteiger partial charge in [0.2, 0.25) is 0 Å². The topological polar surface area (TPSA) is 39.6 Å². The third-order valence-electron chi connectivity index (χ3n) is 9.49. The molecule has 51 heavy (non-hydrogen) atoms. The molecule has 0 bridgehead atoms. The van der Waals surface area contributed by atoms with Crippen molar-refractivity contribution in [3.8, 4) is 11.8 Å². The number of aromatic nitrogens is 1. The second-order valence-corrected chi connectivity index (χ2v) is 12.5. The van der Waals surface area contributed by atoms with Crippen molar-refractivity contribution in [3.05, 3.63) is 193 Å². The fourth-order valence-corrected chi connectivity index (χ4v) is 7.26. The lowest BCUT2D eigenvalue weighted by molar-refractivity contribution is 1.17. The summed E-state index contributed by atoms with van der Waals surface area (Å²) < 4.78 is 2.38. The summed E-state index contributed by atoms with van der Waals surface area (Å²) >= 11 is 0. The average Bonchev–Trinajstić information content (AvgIpc) is 3.53. The number of benzene rings is 8. The van der Waals surface area contributed by atoms with Gasteiger partial charge in [-0.1, -0.05) is 78.9 Å². The third kappa shape index (κ3) is 5.09. The SMILES string of the molecule is [C-]#[N+]c1ccc(N(c2ccccc2)c2cc3ccc4cc(N(c5ccccc5)c5ccc(C#N)cc5)cc5c4c3c(c2)n5-c2ccccc2)cc1. The van der Waals surface area contributed by atoms with Crippen LogP contribution in [-0.4, -0.2) is 4.57 Å². The van der Waals surface area contributed by atoms with E-state index in [1.807, 2.05) is 60.7 Å². The molecule has 9 rings (SSSR count). The first-order chi connectivity index (χ1) is 25.2. The summed E-state index contributed by atoms with van der Waals surface area (Å²) in [6, 6.07) is 62.7. The highest BCUT2D eigenvalue weighted by atomic mass is 15.2. The smallest absolute Gasteiger partial charge is 0.187 e. The zero-order chi connectivity index (χ0) is 34.3. The Morgan fingerprint density at radius 2 is 0.902 bits per heavy atom. The van der Waals surface area contributed by atoms with Crippen molar-refractivity contribution in [2.75, 3.05) is 9.80 Å². The van der Waals surface area contributed by atoms with Crippen LogP contribution in [0, 0.1) is 17.9 Å². The molecule has 0 aliphatic carbocycles. The molecule has 0 N–H and O–H groups in total. The second kappa shape index (κ2) is 12.3. The van der Waals surface area contributed by atoms with Crippen LogP contribution < -0.4 is 9.80 Å². The van der Waals surface area contributed by atoms with Crippen LogP contribution in [0.1, 0.15) is 5.56 Å². The average molecular weight is 652 g/mol. The molecule has 0 aliphatic rings. The maximum absolute atomic E-state index is 9.52. The lowest BCUT2D eigenvalue weighted by Gasteiger charge is -2.26. The van der Waals surface area contributed by atoms with Crippen LogP contribution in [0.2, 0.25) is 0 Å². The van der Waals surface area contributed by atoms with Crippen LogP contribution in [0.5, 0.6) is 0 Å². The maximum atomic E-state index is 9.52. The number of nitriles is 1. The first-order valence-electron chi connectivity index (χ1n) is 16.8. The van der Waals surface area contributed by atoms with Gasteiger partial charge in [-0.3, -0.25) is 0 Å². The van der Waals surface area contributed by atoms with Gasteiger partial charge in [0.15, 0.2) is 5.69 Å². The van der Waals surface area contributed by atoms with E-state index in [1.165, 1.54) is 10.8 Å². The molecular formula is C46H29N5. The summed E-state index contributed by atoms with van der Waals surface area (Å²) in [7, 11) is 0. The quantitative estimate of drug-likeness (QED) is 0.127. The summed E-state index contributed by atoms with van der Waals surface area (Å²) in [6.45, 7) is 7.50. The van der Waals surface area contributed by atoms with Gasteiger partial charge in [0.05, 0.1) is 29.2 Å². The molecular weight excluding hydrogens is 623 g/mol. The van der Waals surface area contributed by atoms with Crippen LogP contribution >= 0.6 is 0 Å². The van der Waals surface area contributed by atoms with Gasteiger partial charge in [-0.05, 0) is 108 Å². The molecule has 5 nitrogen and oxygen atoms in total. The van der Waals surface area contributed by atoms with Crippen LogP contribution in [0.3, 0.4) is 0 Å². The molecule has 5 heteroatoms. The van der Waals surface area contributed by atoms with Crippen molar-refractivity contribution in [2.24, 2.45) is 0 Å². The van der Waals surface area contributed by atoms with E-state index in [2.05, 4.69) is 141 Å². The van der Waals surface area contributed by atoms with Gasteiger partial charge in [0, 0.05) is 50.6 Å². The van der Waals surface area contributed by atoms with Crippen LogP contribution in [0.25, 0.3) is 43.1 Å². The Morgan fingerprint density at radius 1 is 0.471 bits per heavy atom. The van der Waals surface area contributed by atoms with Crippen molar-refractivity contribution in [1.29, 1.82) is 5.26 Å². The van der Waals surface area contributed by atoms with E-state index in [-0.39, 0.29) is 0 Å². The lowest BCUT2D eigenvalue weighted by Crippen LogP contribution is -2.10. The number of hydrogen-bond acceptors (Lipinski definition) is 3. The zero-order valence-corrected chi connectivity index (χ0v) is 27.5. The monoisotopic (exact) mass is 651 g/mol. The predicted octanol–water partition coefficient (Wildman–Crippen LogP) is 12.7. The Morgan fingerprint density at radius 3 is 1.35 bits per heavy atom. The van der Waals surface area contributed by atoms with Gasteiger partial charge in [-0.15, -0.1) is 0 Å². The maximum Gasteiger partial charge on any atom is 0.187 e. The summed E-state index contributed by atoms with van der Waals surface area (Å²) in [4.78, 5) is 8.14. The minimum absolute atomic E-state index is 0.610. The minimum Gasteiger partial charge on any atom is -0.311 e. The highest BCUT2D eigenvalue weighted by molar-refractivity contribution is 6.26. The Hall–Kier alpha value is -7.34. The molecule has 0 saturated carbocycles. The van der Waals surface area contributed by atoms with Crippen LogP contribution in [0.15, 0.2) is 176 Å². The van der Waals surface area contributed by atoms with Crippen molar-refractivity contribution < 1.29 is 0 Å². The molecule has 238 valence electrons. The molecule has 0 unspecified atom stereocenters. The summed E-state index contributed by atoms with van der Waals surface area (Å²) in [5.41, 5.74) is 10.6. The molecule has 0 atom stereocenters. The van der Waals surface area contributed by atoms with E-state index >= 15 is 0 Å². The third-order valence-corrected chi connectivity index (χ3v) is 9.49. The zero-order valence-electron chi connectivity index (χ0n) is 27.5. The van der Waals surface area contributed by atoms with Gasteiger partial charge in [-0.25, -0.2) is 4.85 Å². The first kappa shape index (κ1) is 29.8. The van der Waals surface area contributed by atoms with Crippen LogP contribution in [0.4, 0.5) is 39.8 Å². The largest absolute Gasteiger partial charge is 0.311 e. The molecule has 0 fully saturated rings. The lowest BCUT2D eigenvalue weighted by atomic mass is 10.00. The number of para-hydroxylation sites is 3. The molecule has 0 amide bonds. The summed E-state index contributed by atoms with van der Waals surface area (Å²) in [5, 5.41) is 14.2. The normalized spacial score (nSPS) is 11.1. The van der Waals surface area contributed by atoms with Gasteiger partial charge in [-0.2, -0.15) is 5.26 Å². The van der Waals surface area contributed by atoms with E-state index < -0.39 is 0 Å². The molecule has 1 aromatic heterocycles. The van der Waals surface area contributed by atoms with E-state index in [1.54, 1.807) is 0 Å². The Labute approximate surface area is 295 Å². The van der Waals surface area contributed by atoms with E-state index in [0.29, 0.717) is 11.3 Å². The fourth-order valence-electron chi connectivity index (χ4n) is 7.26. The first-order valence-corrected chi connectivity index (χ1v) is 16.8. The Kier molecular flexibility index (Phi) is 7.17. The molecule has 0 radical (unpaired) electrons. The number of hydrogen-bond donors (Lipinski definition) is 0. The predicted molar refractivity (Wildman–Crippen MR) is 210 cm³/mol. The van der Waals surface area contributed by atoms with E-state index in [0.717, 1.165) is 61.6 Å². The second-order valence-electron chi connectivity index (χ2n) is 12.5. The van der Waals surface area contributed by atoms with Crippen LogP contribution in [-0.2, 0) is 0 Å². The van der Waals surface area contributed by atoms with Gasteiger partial charge < -0.3 is 14.4 Å². The van der Waals surface area contributed by atoms with E-state index in [9.17, 15) is 5.26 Å². The standard InChI is InChI=1S/C46H29N5/c1-48-35-21-25-40(26-22-35)50(37-13-7-3-8-14-37)42-28-34-20-19-33-27-41(49(36-11-5-2-6-12-36)39-23-17-32(31-47)18-24-39)29-43-45(33)46(34)44(30-42)51(43)38-15-9-4-10-16-38/h2-30H. The Bertz CT molecular complexity index is 2570. The summed E-state index contributed by atoms with van der Waals surface area (Å²) in [5.74, 6) is 0. The highest BCUT2D eigenvalue weighted by Crippen LogP contribution is 2.46. The molecule has 0 aliphatic heterocycles. The fraction of sp³-hybridized carbons (Fsp3) is 0. The number of rotatable bonds is 7. The van der Waals surface area contributed by atoms with Crippen molar-refractivity contribution in [2.45, 2.75) is 0 Å². The Balaban J connectivity index is 1.33. The minimum atomic E-state index is 0.610.